The van der Waals surface area contributed by atoms with Crippen molar-refractivity contribution in [2.45, 2.75) is 19.5 Å². The molecule has 2 aromatic heterocycles. The molecule has 0 saturated carbocycles. The van der Waals surface area contributed by atoms with Crippen LogP contribution in [0.5, 0.6) is 5.75 Å². The third-order valence-corrected chi connectivity index (χ3v) is 6.56. The van der Waals surface area contributed by atoms with E-state index in [9.17, 15) is 0 Å². The van der Waals surface area contributed by atoms with E-state index in [2.05, 4.69) is 46.3 Å². The van der Waals surface area contributed by atoms with Gasteiger partial charge in [-0.25, -0.2) is 9.97 Å². The minimum Gasteiger partial charge on any atom is -0.496 e. The minimum absolute atomic E-state index is 0.822. The Morgan fingerprint density at radius 2 is 1.83 bits per heavy atom. The van der Waals surface area contributed by atoms with E-state index in [4.69, 9.17) is 9.72 Å². The number of hydrogen-bond donors (Lipinski definition) is 0. The fraction of sp³-hybridized carbons (Fsp3) is 0.200. The summed E-state index contributed by atoms with van der Waals surface area (Å²) in [5.41, 5.74) is 4.65. The minimum atomic E-state index is 0.822. The molecule has 0 radical (unpaired) electrons. The van der Waals surface area contributed by atoms with E-state index in [1.54, 1.807) is 7.11 Å². The van der Waals surface area contributed by atoms with Crippen LogP contribution in [0.3, 0.4) is 0 Å². The summed E-state index contributed by atoms with van der Waals surface area (Å²) < 4.78 is 5.52. The Morgan fingerprint density at radius 3 is 2.70 bits per heavy atom. The maximum Gasteiger partial charge on any atom is 0.159 e. The number of fused-ring (bicyclic) bond motifs is 1. The SMILES string of the molecule is COc1ccccc1-c1ccc(CN2CCc3nc(-c4ccccc4)ncc3C2)s1. The van der Waals surface area contributed by atoms with Crippen molar-refractivity contribution in [3.8, 4) is 27.6 Å². The second-order valence-electron chi connectivity index (χ2n) is 7.46. The number of hydrogen-bond acceptors (Lipinski definition) is 5. The van der Waals surface area contributed by atoms with Gasteiger partial charge in [0, 0.05) is 58.7 Å². The smallest absolute Gasteiger partial charge is 0.159 e. The molecule has 5 rings (SSSR count). The lowest BCUT2D eigenvalue weighted by molar-refractivity contribution is 0.245. The average molecular weight is 414 g/mol. The summed E-state index contributed by atoms with van der Waals surface area (Å²) >= 11 is 1.84. The first-order valence-electron chi connectivity index (χ1n) is 10.1. The summed E-state index contributed by atoms with van der Waals surface area (Å²) in [6, 6.07) is 22.8. The molecule has 5 heteroatoms. The van der Waals surface area contributed by atoms with E-state index in [0.717, 1.165) is 48.8 Å². The Bertz CT molecular complexity index is 1160. The molecule has 1 aliphatic heterocycles. The number of para-hydroxylation sites is 1. The summed E-state index contributed by atoms with van der Waals surface area (Å²) in [5.74, 6) is 1.74. The molecule has 0 unspecified atom stereocenters. The molecule has 3 heterocycles. The average Bonchev–Trinajstić information content (AvgIpc) is 3.27. The zero-order chi connectivity index (χ0) is 20.3. The molecule has 0 atom stereocenters. The summed E-state index contributed by atoms with van der Waals surface area (Å²) in [4.78, 5) is 14.5. The van der Waals surface area contributed by atoms with Gasteiger partial charge in [-0.2, -0.15) is 0 Å². The lowest BCUT2D eigenvalue weighted by atomic mass is 10.1. The van der Waals surface area contributed by atoms with E-state index in [-0.39, 0.29) is 0 Å². The van der Waals surface area contributed by atoms with Crippen molar-refractivity contribution in [2.24, 2.45) is 0 Å². The van der Waals surface area contributed by atoms with Crippen LogP contribution in [-0.2, 0) is 19.5 Å². The maximum atomic E-state index is 5.52. The highest BCUT2D eigenvalue weighted by molar-refractivity contribution is 7.15. The van der Waals surface area contributed by atoms with Crippen LogP contribution in [0.4, 0.5) is 0 Å². The van der Waals surface area contributed by atoms with Crippen molar-refractivity contribution in [1.82, 2.24) is 14.9 Å². The van der Waals surface area contributed by atoms with Crippen molar-refractivity contribution < 1.29 is 4.74 Å². The van der Waals surface area contributed by atoms with Gasteiger partial charge in [0.1, 0.15) is 5.75 Å². The van der Waals surface area contributed by atoms with Crippen LogP contribution in [0, 0.1) is 0 Å². The monoisotopic (exact) mass is 413 g/mol. The molecule has 4 nitrogen and oxygen atoms in total. The summed E-state index contributed by atoms with van der Waals surface area (Å²) in [5, 5.41) is 0. The fourth-order valence-corrected chi connectivity index (χ4v) is 4.99. The van der Waals surface area contributed by atoms with Crippen LogP contribution in [0.2, 0.25) is 0 Å². The quantitative estimate of drug-likeness (QED) is 0.437. The zero-order valence-corrected chi connectivity index (χ0v) is 17.7. The van der Waals surface area contributed by atoms with Gasteiger partial charge in [0.15, 0.2) is 5.82 Å². The van der Waals surface area contributed by atoms with E-state index in [1.807, 2.05) is 47.9 Å². The molecular weight excluding hydrogens is 390 g/mol. The van der Waals surface area contributed by atoms with Gasteiger partial charge >= 0.3 is 0 Å². The van der Waals surface area contributed by atoms with Crippen molar-refractivity contribution in [1.29, 1.82) is 0 Å². The molecule has 0 amide bonds. The Labute approximate surface area is 180 Å². The lowest BCUT2D eigenvalue weighted by Gasteiger charge is -2.27. The van der Waals surface area contributed by atoms with Gasteiger partial charge < -0.3 is 4.74 Å². The Kier molecular flexibility index (Phi) is 5.30. The molecule has 0 fully saturated rings. The highest BCUT2D eigenvalue weighted by Gasteiger charge is 2.20. The first-order chi connectivity index (χ1) is 14.8. The Morgan fingerprint density at radius 1 is 1.00 bits per heavy atom. The van der Waals surface area contributed by atoms with Crippen molar-refractivity contribution in [3.05, 3.63) is 89.1 Å². The topological polar surface area (TPSA) is 38.2 Å². The number of ether oxygens (including phenoxy) is 1. The molecular formula is C25H23N3OS. The summed E-state index contributed by atoms with van der Waals surface area (Å²) in [6.07, 6.45) is 2.97. The van der Waals surface area contributed by atoms with Gasteiger partial charge in [-0.3, -0.25) is 4.90 Å². The molecule has 2 aromatic carbocycles. The normalized spacial score (nSPS) is 13.8. The van der Waals surface area contributed by atoms with E-state index >= 15 is 0 Å². The molecule has 150 valence electrons. The first-order valence-corrected chi connectivity index (χ1v) is 11.0. The highest BCUT2D eigenvalue weighted by atomic mass is 32.1. The largest absolute Gasteiger partial charge is 0.496 e. The standard InChI is InChI=1S/C25H23N3OS/c1-29-23-10-6-5-9-21(23)24-12-11-20(30-24)17-28-14-13-22-19(16-28)15-26-25(27-22)18-7-3-2-4-8-18/h2-12,15H,13-14,16-17H2,1H3. The number of benzene rings is 2. The van der Waals surface area contributed by atoms with Gasteiger partial charge in [-0.1, -0.05) is 42.5 Å². The van der Waals surface area contributed by atoms with Crippen LogP contribution < -0.4 is 4.74 Å². The second kappa shape index (κ2) is 8.38. The molecule has 4 aromatic rings. The highest BCUT2D eigenvalue weighted by Crippen LogP contribution is 2.35. The van der Waals surface area contributed by atoms with Crippen LogP contribution in [-0.4, -0.2) is 28.5 Å². The third-order valence-electron chi connectivity index (χ3n) is 5.46. The first kappa shape index (κ1) is 19.0. The predicted molar refractivity (Wildman–Crippen MR) is 122 cm³/mol. The molecule has 0 bridgehead atoms. The maximum absolute atomic E-state index is 5.52. The summed E-state index contributed by atoms with van der Waals surface area (Å²) in [7, 11) is 1.73. The van der Waals surface area contributed by atoms with Gasteiger partial charge in [0.25, 0.3) is 0 Å². The molecule has 1 aliphatic rings. The zero-order valence-electron chi connectivity index (χ0n) is 16.9. The molecule has 30 heavy (non-hydrogen) atoms. The molecule has 0 N–H and O–H groups in total. The van der Waals surface area contributed by atoms with Crippen LogP contribution in [0.1, 0.15) is 16.1 Å². The third kappa shape index (κ3) is 3.86. The van der Waals surface area contributed by atoms with Crippen LogP contribution in [0.15, 0.2) is 72.9 Å². The number of rotatable bonds is 5. The Balaban J connectivity index is 1.30. The second-order valence-corrected chi connectivity index (χ2v) is 8.63. The van der Waals surface area contributed by atoms with Gasteiger partial charge in [0.2, 0.25) is 0 Å². The molecule has 0 aliphatic carbocycles. The van der Waals surface area contributed by atoms with E-state index in [1.165, 1.54) is 21.0 Å². The number of methoxy groups -OCH3 is 1. The van der Waals surface area contributed by atoms with E-state index in [0.29, 0.717) is 0 Å². The van der Waals surface area contributed by atoms with Crippen molar-refractivity contribution >= 4 is 11.3 Å². The molecule has 0 spiro atoms. The Hall–Kier alpha value is -3.02. The summed E-state index contributed by atoms with van der Waals surface area (Å²) in [6.45, 7) is 2.85. The van der Waals surface area contributed by atoms with Crippen molar-refractivity contribution in [3.63, 3.8) is 0 Å². The van der Waals surface area contributed by atoms with Gasteiger partial charge in [0.05, 0.1) is 12.8 Å². The number of thiophene rings is 1. The number of aromatic nitrogens is 2. The van der Waals surface area contributed by atoms with Crippen molar-refractivity contribution in [2.75, 3.05) is 13.7 Å². The van der Waals surface area contributed by atoms with Crippen LogP contribution in [0.25, 0.3) is 21.8 Å². The number of nitrogens with zero attached hydrogens (tertiary/aromatic N) is 3. The predicted octanol–water partition coefficient (Wildman–Crippen LogP) is 5.44. The van der Waals surface area contributed by atoms with E-state index < -0.39 is 0 Å². The van der Waals surface area contributed by atoms with Gasteiger partial charge in [-0.15, -0.1) is 11.3 Å². The van der Waals surface area contributed by atoms with Crippen LogP contribution >= 0.6 is 11.3 Å². The molecule has 0 saturated heterocycles. The van der Waals surface area contributed by atoms with Gasteiger partial charge in [-0.05, 0) is 24.3 Å². The lowest BCUT2D eigenvalue weighted by Crippen LogP contribution is -2.30. The fourth-order valence-electron chi connectivity index (χ4n) is 3.91.